The minimum Gasteiger partial charge on any atom is -0.479 e. The van der Waals surface area contributed by atoms with Crippen LogP contribution in [0.1, 0.15) is 24.2 Å². The third-order valence-electron chi connectivity index (χ3n) is 6.32. The number of piperidine rings is 1. The van der Waals surface area contributed by atoms with Crippen LogP contribution in [-0.2, 0) is 21.4 Å². The van der Waals surface area contributed by atoms with Crippen LogP contribution >= 0.6 is 11.6 Å². The average Bonchev–Trinajstić information content (AvgIpc) is 3.23. The number of aromatic nitrogens is 1. The Bertz CT molecular complexity index is 1220. The summed E-state index contributed by atoms with van der Waals surface area (Å²) in [7, 11) is 0. The van der Waals surface area contributed by atoms with Crippen LogP contribution in [0.5, 0.6) is 5.75 Å². The molecule has 1 atom stereocenters. The van der Waals surface area contributed by atoms with Crippen LogP contribution in [0.4, 0.5) is 13.2 Å². The van der Waals surface area contributed by atoms with Crippen molar-refractivity contribution < 1.29 is 27.5 Å². The molecule has 1 aromatic heterocycles. The highest BCUT2D eigenvalue weighted by Crippen LogP contribution is 2.48. The van der Waals surface area contributed by atoms with E-state index in [1.54, 1.807) is 4.90 Å². The number of halogens is 4. The quantitative estimate of drug-likeness (QED) is 0.678. The van der Waals surface area contributed by atoms with Gasteiger partial charge in [0, 0.05) is 42.6 Å². The van der Waals surface area contributed by atoms with Crippen molar-refractivity contribution in [2.45, 2.75) is 30.7 Å². The van der Waals surface area contributed by atoms with E-state index >= 15 is 0 Å². The van der Waals surface area contributed by atoms with Crippen molar-refractivity contribution in [3.63, 3.8) is 0 Å². The van der Waals surface area contributed by atoms with E-state index < -0.39 is 23.5 Å². The van der Waals surface area contributed by atoms with Crippen molar-refractivity contribution in [2.75, 3.05) is 13.1 Å². The average molecular weight is 478 g/mol. The van der Waals surface area contributed by atoms with Gasteiger partial charge in [0.05, 0.1) is 17.4 Å². The van der Waals surface area contributed by atoms with Crippen molar-refractivity contribution in [3.8, 4) is 11.4 Å². The molecule has 3 heterocycles. The van der Waals surface area contributed by atoms with E-state index in [0.717, 1.165) is 6.07 Å². The summed E-state index contributed by atoms with van der Waals surface area (Å²) in [6.45, 7) is 0.485. The maximum absolute atomic E-state index is 13.8. The van der Waals surface area contributed by atoms with Crippen LogP contribution in [0.15, 0.2) is 54.1 Å². The largest absolute Gasteiger partial charge is 0.479 e. The molecule has 33 heavy (non-hydrogen) atoms. The number of alkyl halides is 3. The monoisotopic (exact) mass is 477 g/mol. The van der Waals surface area contributed by atoms with Gasteiger partial charge in [0.25, 0.3) is 5.91 Å². The van der Waals surface area contributed by atoms with E-state index in [1.807, 2.05) is 0 Å². The minimum atomic E-state index is -4.56. The topological polar surface area (TPSA) is 77.6 Å². The SMILES string of the molecule is NC1C=CC(C(=O)N2CCC3(CC2)Oc2cc(Cl)ccc2-n2c(C(F)(F)F)ccc23)=CC1=O. The Morgan fingerprint density at radius 1 is 1.18 bits per heavy atom. The predicted octanol–water partition coefficient (Wildman–Crippen LogP) is 3.75. The minimum absolute atomic E-state index is 0.238. The third-order valence-corrected chi connectivity index (χ3v) is 6.56. The first-order valence-electron chi connectivity index (χ1n) is 10.4. The highest BCUT2D eigenvalue weighted by molar-refractivity contribution is 6.30. The van der Waals surface area contributed by atoms with Crippen LogP contribution in [-0.4, -0.2) is 40.3 Å². The fraction of sp³-hybridized carbons (Fsp3) is 0.304. The number of carbonyl (C=O) groups excluding carboxylic acids is 2. The molecule has 2 aromatic rings. The number of carbonyl (C=O) groups is 2. The number of nitrogens with zero attached hydrogens (tertiary/aromatic N) is 2. The highest BCUT2D eigenvalue weighted by atomic mass is 35.5. The van der Waals surface area contributed by atoms with Crippen LogP contribution in [0.25, 0.3) is 5.69 Å². The van der Waals surface area contributed by atoms with Crippen molar-refractivity contribution in [3.05, 3.63) is 70.5 Å². The van der Waals surface area contributed by atoms with Gasteiger partial charge in [0.15, 0.2) is 11.4 Å². The van der Waals surface area contributed by atoms with E-state index in [1.165, 1.54) is 47.1 Å². The Morgan fingerprint density at radius 2 is 1.91 bits per heavy atom. The molecule has 172 valence electrons. The van der Waals surface area contributed by atoms with Gasteiger partial charge in [-0.25, -0.2) is 0 Å². The fourth-order valence-corrected chi connectivity index (χ4v) is 4.80. The summed E-state index contributed by atoms with van der Waals surface area (Å²) in [5.41, 5.74) is 4.67. The van der Waals surface area contributed by atoms with Gasteiger partial charge < -0.3 is 19.9 Å². The second-order valence-corrected chi connectivity index (χ2v) is 8.76. The predicted molar refractivity (Wildman–Crippen MR) is 114 cm³/mol. The van der Waals surface area contributed by atoms with Gasteiger partial charge in [-0.3, -0.25) is 9.59 Å². The zero-order valence-electron chi connectivity index (χ0n) is 17.2. The first kappa shape index (κ1) is 21.8. The molecule has 2 aliphatic heterocycles. The van der Waals surface area contributed by atoms with Crippen molar-refractivity contribution >= 4 is 23.3 Å². The smallest absolute Gasteiger partial charge is 0.431 e. The Labute approximate surface area is 192 Å². The molecule has 6 nitrogen and oxygen atoms in total. The molecule has 1 saturated heterocycles. The van der Waals surface area contributed by atoms with Crippen molar-refractivity contribution in [1.29, 1.82) is 0 Å². The Morgan fingerprint density at radius 3 is 2.58 bits per heavy atom. The Balaban J connectivity index is 1.47. The number of fused-ring (bicyclic) bond motifs is 4. The summed E-state index contributed by atoms with van der Waals surface area (Å²) in [6, 6.07) is 6.26. The number of benzene rings is 1. The van der Waals surface area contributed by atoms with E-state index in [-0.39, 0.29) is 54.6 Å². The zero-order chi connectivity index (χ0) is 23.5. The van der Waals surface area contributed by atoms with Crippen LogP contribution in [0.3, 0.4) is 0 Å². The van der Waals surface area contributed by atoms with Gasteiger partial charge in [0.1, 0.15) is 11.4 Å². The number of hydrogen-bond acceptors (Lipinski definition) is 4. The molecule has 3 aliphatic rings. The second kappa shape index (κ2) is 7.50. The normalized spacial score (nSPS) is 21.4. The van der Waals surface area contributed by atoms with Gasteiger partial charge in [-0.2, -0.15) is 13.2 Å². The molecule has 2 N–H and O–H groups in total. The summed E-state index contributed by atoms with van der Waals surface area (Å²) in [5, 5.41) is 0.347. The summed E-state index contributed by atoms with van der Waals surface area (Å²) in [6.07, 6.45) is 0.213. The summed E-state index contributed by atoms with van der Waals surface area (Å²) in [4.78, 5) is 26.3. The second-order valence-electron chi connectivity index (χ2n) is 8.32. The third kappa shape index (κ3) is 3.55. The fourth-order valence-electron chi connectivity index (χ4n) is 4.63. The summed E-state index contributed by atoms with van der Waals surface area (Å²) < 4.78 is 48.8. The zero-order valence-corrected chi connectivity index (χ0v) is 18.0. The highest BCUT2D eigenvalue weighted by Gasteiger charge is 2.48. The molecule has 1 amide bonds. The maximum atomic E-state index is 13.8. The van der Waals surface area contributed by atoms with Crippen LogP contribution in [0, 0.1) is 0 Å². The van der Waals surface area contributed by atoms with Gasteiger partial charge in [0.2, 0.25) is 0 Å². The van der Waals surface area contributed by atoms with Crippen LogP contribution in [0.2, 0.25) is 5.02 Å². The molecule has 1 aromatic carbocycles. The number of amides is 1. The number of rotatable bonds is 1. The lowest BCUT2D eigenvalue weighted by Gasteiger charge is -2.45. The lowest BCUT2D eigenvalue weighted by molar-refractivity contribution is -0.143. The molecule has 1 fully saturated rings. The van der Waals surface area contributed by atoms with E-state index in [2.05, 4.69) is 0 Å². The van der Waals surface area contributed by atoms with Gasteiger partial charge in [-0.1, -0.05) is 23.8 Å². The van der Waals surface area contributed by atoms with E-state index in [0.29, 0.717) is 10.7 Å². The van der Waals surface area contributed by atoms with Crippen LogP contribution < -0.4 is 10.5 Å². The molecule has 1 unspecified atom stereocenters. The Kier molecular flexibility index (Phi) is 4.95. The number of nitrogens with two attached hydrogens (primary N) is 1. The maximum Gasteiger partial charge on any atom is 0.431 e. The lowest BCUT2D eigenvalue weighted by atomic mass is 9.86. The summed E-state index contributed by atoms with van der Waals surface area (Å²) >= 11 is 6.09. The molecule has 1 aliphatic carbocycles. The molecule has 5 rings (SSSR count). The van der Waals surface area contributed by atoms with Gasteiger partial charge in [-0.15, -0.1) is 0 Å². The van der Waals surface area contributed by atoms with E-state index in [4.69, 9.17) is 22.1 Å². The number of ketones is 1. The first-order chi connectivity index (χ1) is 15.6. The van der Waals surface area contributed by atoms with Crippen molar-refractivity contribution in [1.82, 2.24) is 9.47 Å². The molecule has 1 spiro atoms. The number of hydrogen-bond donors (Lipinski definition) is 1. The Hall–Kier alpha value is -3.04. The van der Waals surface area contributed by atoms with Crippen molar-refractivity contribution in [2.24, 2.45) is 5.73 Å². The number of likely N-dealkylation sites (tertiary alicyclic amines) is 1. The molecule has 10 heteroatoms. The van der Waals surface area contributed by atoms with E-state index in [9.17, 15) is 22.8 Å². The molecular formula is C23H19ClF3N3O3. The lowest BCUT2D eigenvalue weighted by Crippen LogP contribution is -2.50. The standard InChI is InChI=1S/C23H19ClF3N3O3/c24-14-2-4-16-18(12-14)33-22(19-5-6-20(30(16)19)23(25,26)27)7-9-29(10-8-22)21(32)13-1-3-15(28)17(31)11-13/h1-6,11-12,15H,7-10,28H2. The molecule has 0 saturated carbocycles. The molecular weight excluding hydrogens is 459 g/mol. The van der Waals surface area contributed by atoms with Gasteiger partial charge >= 0.3 is 6.18 Å². The first-order valence-corrected chi connectivity index (χ1v) is 10.7. The van der Waals surface area contributed by atoms with Gasteiger partial charge in [-0.05, 0) is 30.3 Å². The number of ether oxygens (including phenoxy) is 1. The summed E-state index contributed by atoms with van der Waals surface area (Å²) in [5.74, 6) is -0.420. The molecule has 0 radical (unpaired) electrons. The molecule has 0 bridgehead atoms.